The highest BCUT2D eigenvalue weighted by Crippen LogP contribution is 2.45. The lowest BCUT2D eigenvalue weighted by atomic mass is 10.1. The molecule has 2 N–H and O–H groups in total. The van der Waals surface area contributed by atoms with Crippen LogP contribution in [0.4, 0.5) is 0 Å². The molecule has 4 heteroatoms. The molecule has 1 saturated heterocycles. The molecular formula is C24H44N4. The normalized spacial score (nSPS) is 27.2. The first-order chi connectivity index (χ1) is 13.9. The third-order valence-electron chi connectivity index (χ3n) is 8.05. The van der Waals surface area contributed by atoms with E-state index in [1.165, 1.54) is 117 Å². The zero-order valence-electron chi connectivity index (χ0n) is 18.1. The molecule has 5 aliphatic rings. The molecule has 1 heterocycles. The molecule has 0 amide bonds. The van der Waals surface area contributed by atoms with Crippen LogP contribution in [-0.4, -0.2) is 74.2 Å². The lowest BCUT2D eigenvalue weighted by Gasteiger charge is -2.35. The van der Waals surface area contributed by atoms with Crippen molar-refractivity contribution in [2.45, 2.75) is 76.3 Å². The maximum atomic E-state index is 3.92. The van der Waals surface area contributed by atoms with Crippen molar-refractivity contribution in [3.8, 4) is 0 Å². The van der Waals surface area contributed by atoms with E-state index in [4.69, 9.17) is 0 Å². The number of nitrogens with one attached hydrogen (secondary N) is 2. The summed E-state index contributed by atoms with van der Waals surface area (Å²) in [6.07, 6.45) is 14.6. The van der Waals surface area contributed by atoms with E-state index in [9.17, 15) is 0 Å². The van der Waals surface area contributed by atoms with Gasteiger partial charge in [0, 0.05) is 38.3 Å². The summed E-state index contributed by atoms with van der Waals surface area (Å²) in [6.45, 7) is 10.2. The van der Waals surface area contributed by atoms with E-state index in [1.54, 1.807) is 0 Å². The van der Waals surface area contributed by atoms with Crippen LogP contribution in [0.3, 0.4) is 0 Å². The number of piperazine rings is 1. The lowest BCUT2D eigenvalue weighted by molar-refractivity contribution is 0.129. The highest BCUT2D eigenvalue weighted by molar-refractivity contribution is 4.97. The summed E-state index contributed by atoms with van der Waals surface area (Å²) in [5.74, 6) is 4.15. The van der Waals surface area contributed by atoms with E-state index in [2.05, 4.69) is 20.4 Å². The predicted octanol–water partition coefficient (Wildman–Crippen LogP) is 2.94. The average Bonchev–Trinajstić information content (AvgIpc) is 3.58. The minimum absolute atomic E-state index is 0.880. The van der Waals surface area contributed by atoms with Crippen LogP contribution in [0.25, 0.3) is 0 Å². The van der Waals surface area contributed by atoms with Gasteiger partial charge < -0.3 is 20.4 Å². The minimum atomic E-state index is 0.880. The van der Waals surface area contributed by atoms with Crippen LogP contribution in [0, 0.1) is 23.7 Å². The Hall–Kier alpha value is -0.160. The van der Waals surface area contributed by atoms with Crippen molar-refractivity contribution < 1.29 is 0 Å². The smallest absolute Gasteiger partial charge is 0.0124 e. The molecule has 0 unspecified atom stereocenters. The highest BCUT2D eigenvalue weighted by Gasteiger charge is 2.41. The fraction of sp³-hybridized carbons (Fsp3) is 1.00. The van der Waals surface area contributed by atoms with Crippen molar-refractivity contribution in [1.82, 2.24) is 20.4 Å². The van der Waals surface area contributed by atoms with Crippen LogP contribution in [0.5, 0.6) is 0 Å². The molecule has 0 atom stereocenters. The van der Waals surface area contributed by atoms with E-state index >= 15 is 0 Å². The van der Waals surface area contributed by atoms with Gasteiger partial charge in [-0.2, -0.15) is 0 Å². The predicted molar refractivity (Wildman–Crippen MR) is 117 cm³/mol. The lowest BCUT2D eigenvalue weighted by Crippen LogP contribution is -2.47. The van der Waals surface area contributed by atoms with Crippen molar-refractivity contribution in [3.63, 3.8) is 0 Å². The summed E-state index contributed by atoms with van der Waals surface area (Å²) in [6, 6.07) is 1.76. The average molecular weight is 389 g/mol. The van der Waals surface area contributed by atoms with E-state index in [0.29, 0.717) is 0 Å². The van der Waals surface area contributed by atoms with E-state index in [0.717, 1.165) is 35.8 Å². The molecule has 5 rings (SSSR count). The van der Waals surface area contributed by atoms with Crippen molar-refractivity contribution in [2.24, 2.45) is 23.7 Å². The Kier molecular flexibility index (Phi) is 6.59. The number of hydrogen-bond donors (Lipinski definition) is 2. The van der Waals surface area contributed by atoms with Gasteiger partial charge in [0.1, 0.15) is 0 Å². The minimum Gasteiger partial charge on any atom is -0.313 e. The number of rotatable bonds is 14. The second-order valence-corrected chi connectivity index (χ2v) is 10.7. The standard InChI is InChI=1S/C24H44N4/c1(11-25-23(19-3-4-19)20-5-6-20)13-27-15-17-28(18-16-27)14-2-12-26-24(21-7-8-21)22-9-10-22/h19-26H,1-18H2. The molecule has 4 aliphatic carbocycles. The van der Waals surface area contributed by atoms with Gasteiger partial charge in [-0.1, -0.05) is 0 Å². The summed E-state index contributed by atoms with van der Waals surface area (Å²) < 4.78 is 0. The monoisotopic (exact) mass is 388 g/mol. The van der Waals surface area contributed by atoms with Gasteiger partial charge in [0.15, 0.2) is 0 Å². The Balaban J connectivity index is 0.888. The number of nitrogens with zero attached hydrogens (tertiary/aromatic N) is 2. The van der Waals surface area contributed by atoms with Gasteiger partial charge in [-0.3, -0.25) is 0 Å². The molecule has 0 bridgehead atoms. The van der Waals surface area contributed by atoms with Crippen molar-refractivity contribution in [2.75, 3.05) is 52.4 Å². The first kappa shape index (κ1) is 19.8. The SMILES string of the molecule is C(CNC(C1CC1)C1CC1)CN1CCN(CCCNC(C2CC2)C2CC2)CC1. The Labute approximate surface area is 173 Å². The largest absolute Gasteiger partial charge is 0.313 e. The van der Waals surface area contributed by atoms with Gasteiger partial charge in [-0.05, 0) is 114 Å². The Morgan fingerprint density at radius 2 is 0.857 bits per heavy atom. The zero-order valence-corrected chi connectivity index (χ0v) is 18.1. The molecule has 0 radical (unpaired) electrons. The fourth-order valence-electron chi connectivity index (χ4n) is 5.64. The maximum absolute atomic E-state index is 3.92. The van der Waals surface area contributed by atoms with Gasteiger partial charge in [-0.25, -0.2) is 0 Å². The Bertz CT molecular complexity index is 405. The Morgan fingerprint density at radius 1 is 0.536 bits per heavy atom. The molecule has 4 nitrogen and oxygen atoms in total. The summed E-state index contributed by atoms with van der Waals surface area (Å²) >= 11 is 0. The second kappa shape index (κ2) is 9.32. The van der Waals surface area contributed by atoms with Crippen LogP contribution in [-0.2, 0) is 0 Å². The van der Waals surface area contributed by atoms with Crippen molar-refractivity contribution in [1.29, 1.82) is 0 Å². The van der Waals surface area contributed by atoms with Gasteiger partial charge in [0.25, 0.3) is 0 Å². The molecular weight excluding hydrogens is 344 g/mol. The second-order valence-electron chi connectivity index (χ2n) is 10.7. The van der Waals surface area contributed by atoms with Gasteiger partial charge in [-0.15, -0.1) is 0 Å². The van der Waals surface area contributed by atoms with Crippen LogP contribution in [0.1, 0.15) is 64.2 Å². The number of hydrogen-bond acceptors (Lipinski definition) is 4. The molecule has 28 heavy (non-hydrogen) atoms. The fourth-order valence-corrected chi connectivity index (χ4v) is 5.64. The molecule has 4 saturated carbocycles. The van der Waals surface area contributed by atoms with Crippen molar-refractivity contribution >= 4 is 0 Å². The highest BCUT2D eigenvalue weighted by atomic mass is 15.3. The topological polar surface area (TPSA) is 30.5 Å². The van der Waals surface area contributed by atoms with E-state index in [-0.39, 0.29) is 0 Å². The van der Waals surface area contributed by atoms with Gasteiger partial charge in [0.2, 0.25) is 0 Å². The summed E-state index contributed by atoms with van der Waals surface area (Å²) in [5, 5.41) is 7.83. The van der Waals surface area contributed by atoms with Crippen LogP contribution >= 0.6 is 0 Å². The maximum Gasteiger partial charge on any atom is 0.0124 e. The Morgan fingerprint density at radius 3 is 1.14 bits per heavy atom. The molecule has 5 fully saturated rings. The molecule has 1 aliphatic heterocycles. The van der Waals surface area contributed by atoms with Crippen LogP contribution in [0.15, 0.2) is 0 Å². The third kappa shape index (κ3) is 5.93. The molecule has 160 valence electrons. The van der Waals surface area contributed by atoms with Crippen molar-refractivity contribution in [3.05, 3.63) is 0 Å². The first-order valence-electron chi connectivity index (χ1n) is 12.8. The zero-order chi connectivity index (χ0) is 18.8. The quantitative estimate of drug-likeness (QED) is 0.448. The third-order valence-corrected chi connectivity index (χ3v) is 8.05. The van der Waals surface area contributed by atoms with Crippen LogP contribution in [0.2, 0.25) is 0 Å². The first-order valence-corrected chi connectivity index (χ1v) is 12.8. The summed E-state index contributed by atoms with van der Waals surface area (Å²) in [5.41, 5.74) is 0. The van der Waals surface area contributed by atoms with Gasteiger partial charge in [0.05, 0.1) is 0 Å². The molecule has 0 aromatic heterocycles. The summed E-state index contributed by atoms with van der Waals surface area (Å²) in [4.78, 5) is 5.41. The van der Waals surface area contributed by atoms with E-state index < -0.39 is 0 Å². The van der Waals surface area contributed by atoms with Gasteiger partial charge >= 0.3 is 0 Å². The van der Waals surface area contributed by atoms with E-state index in [1.807, 2.05) is 0 Å². The molecule has 0 spiro atoms. The summed E-state index contributed by atoms with van der Waals surface area (Å²) in [7, 11) is 0. The van der Waals surface area contributed by atoms with Crippen LogP contribution < -0.4 is 10.6 Å². The molecule has 0 aromatic carbocycles. The molecule has 0 aromatic rings.